The first-order valence-corrected chi connectivity index (χ1v) is 5.79. The molecule has 0 fully saturated rings. The molecule has 0 unspecified atom stereocenters. The molecular weight excluding hydrogens is 220 g/mol. The summed E-state index contributed by atoms with van der Waals surface area (Å²) in [5, 5.41) is 13.1. The average molecular weight is 240 g/mol. The lowest BCUT2D eigenvalue weighted by Gasteiger charge is -2.20. The fourth-order valence-electron chi connectivity index (χ4n) is 1.72. The van der Waals surface area contributed by atoms with Gasteiger partial charge in [0.15, 0.2) is 0 Å². The third-order valence-corrected chi connectivity index (χ3v) is 2.71. The minimum atomic E-state index is -0.179. The highest BCUT2D eigenvalue weighted by Crippen LogP contribution is 2.18. The van der Waals surface area contributed by atoms with Gasteiger partial charge in [-0.2, -0.15) is 5.10 Å². The van der Waals surface area contributed by atoms with E-state index in [9.17, 15) is 4.79 Å². The van der Waals surface area contributed by atoms with Crippen molar-refractivity contribution in [3.05, 3.63) is 11.4 Å². The van der Waals surface area contributed by atoms with E-state index in [4.69, 9.17) is 10.8 Å². The summed E-state index contributed by atoms with van der Waals surface area (Å²) >= 11 is 0. The average Bonchev–Trinajstić information content (AvgIpc) is 2.61. The molecule has 1 aromatic rings. The molecule has 0 aromatic carbocycles. The summed E-state index contributed by atoms with van der Waals surface area (Å²) in [5.41, 5.74) is 7.38. The molecule has 0 aliphatic rings. The summed E-state index contributed by atoms with van der Waals surface area (Å²) in [6, 6.07) is 0. The van der Waals surface area contributed by atoms with Crippen molar-refractivity contribution in [1.82, 2.24) is 14.7 Å². The lowest BCUT2D eigenvalue weighted by molar-refractivity contribution is 0.0720. The summed E-state index contributed by atoms with van der Waals surface area (Å²) < 4.78 is 1.60. The first-order chi connectivity index (χ1) is 8.06. The van der Waals surface area contributed by atoms with Crippen molar-refractivity contribution in [1.29, 1.82) is 0 Å². The van der Waals surface area contributed by atoms with Crippen LogP contribution in [0.25, 0.3) is 0 Å². The highest BCUT2D eigenvalue weighted by molar-refractivity contribution is 5.98. The standard InChI is InChI=1S/C11H20N4O2/c1-4-14(6-7-16)11(17)10-9(12)8(3)13-15(10)5-2/h16H,4-7,12H2,1-3H3. The van der Waals surface area contributed by atoms with E-state index in [1.165, 1.54) is 0 Å². The van der Waals surface area contributed by atoms with E-state index in [1.54, 1.807) is 16.5 Å². The van der Waals surface area contributed by atoms with Gasteiger partial charge in [0, 0.05) is 19.6 Å². The molecule has 0 spiro atoms. The van der Waals surface area contributed by atoms with Crippen LogP contribution in [0.5, 0.6) is 0 Å². The van der Waals surface area contributed by atoms with Crippen LogP contribution < -0.4 is 5.73 Å². The predicted molar refractivity (Wildman–Crippen MR) is 65.7 cm³/mol. The van der Waals surface area contributed by atoms with E-state index in [2.05, 4.69) is 5.10 Å². The van der Waals surface area contributed by atoms with Crippen LogP contribution in [0, 0.1) is 6.92 Å². The van der Waals surface area contributed by atoms with Gasteiger partial charge in [-0.05, 0) is 20.8 Å². The zero-order valence-electron chi connectivity index (χ0n) is 10.6. The molecular formula is C11H20N4O2. The van der Waals surface area contributed by atoms with Crippen LogP contribution in [0.1, 0.15) is 30.0 Å². The van der Waals surface area contributed by atoms with Crippen LogP contribution in [-0.4, -0.2) is 45.4 Å². The highest BCUT2D eigenvalue weighted by Gasteiger charge is 2.23. The molecule has 0 saturated carbocycles. The maximum absolute atomic E-state index is 12.3. The number of nitrogens with two attached hydrogens (primary N) is 1. The summed E-state index contributed by atoms with van der Waals surface area (Å²) in [6.45, 7) is 6.93. The normalized spacial score (nSPS) is 10.6. The van der Waals surface area contributed by atoms with Crippen LogP contribution in [-0.2, 0) is 6.54 Å². The van der Waals surface area contributed by atoms with Crippen molar-refractivity contribution in [2.45, 2.75) is 27.3 Å². The second-order valence-corrected chi connectivity index (χ2v) is 3.77. The van der Waals surface area contributed by atoms with E-state index in [0.717, 1.165) is 0 Å². The SMILES string of the molecule is CCN(CCO)C(=O)c1c(N)c(C)nn1CC. The Morgan fingerprint density at radius 1 is 1.53 bits per heavy atom. The Bertz CT molecular complexity index is 400. The number of nitrogen functional groups attached to an aromatic ring is 1. The van der Waals surface area contributed by atoms with Crippen molar-refractivity contribution in [3.8, 4) is 0 Å². The second kappa shape index (κ2) is 5.67. The van der Waals surface area contributed by atoms with Gasteiger partial charge in [-0.1, -0.05) is 0 Å². The molecule has 0 bridgehead atoms. The number of aryl methyl sites for hydroxylation is 2. The lowest BCUT2D eigenvalue weighted by atomic mass is 10.2. The number of hydrogen-bond acceptors (Lipinski definition) is 4. The van der Waals surface area contributed by atoms with Gasteiger partial charge < -0.3 is 15.7 Å². The first kappa shape index (κ1) is 13.5. The van der Waals surface area contributed by atoms with E-state index >= 15 is 0 Å². The minimum Gasteiger partial charge on any atom is -0.395 e. The van der Waals surface area contributed by atoms with Crippen molar-refractivity contribution < 1.29 is 9.90 Å². The largest absolute Gasteiger partial charge is 0.395 e. The molecule has 0 aliphatic heterocycles. The topological polar surface area (TPSA) is 84.4 Å². The number of amides is 1. The smallest absolute Gasteiger partial charge is 0.274 e. The number of carbonyl (C=O) groups excluding carboxylic acids is 1. The third-order valence-electron chi connectivity index (χ3n) is 2.71. The quantitative estimate of drug-likeness (QED) is 0.772. The molecule has 6 heteroatoms. The van der Waals surface area contributed by atoms with E-state index in [1.807, 2.05) is 13.8 Å². The lowest BCUT2D eigenvalue weighted by Crippen LogP contribution is -2.35. The van der Waals surface area contributed by atoms with Crippen LogP contribution in [0.4, 0.5) is 5.69 Å². The maximum Gasteiger partial charge on any atom is 0.274 e. The number of hydrogen-bond donors (Lipinski definition) is 2. The number of aliphatic hydroxyl groups excluding tert-OH is 1. The fraction of sp³-hybridized carbons (Fsp3) is 0.636. The fourth-order valence-corrected chi connectivity index (χ4v) is 1.72. The van der Waals surface area contributed by atoms with Gasteiger partial charge in [-0.15, -0.1) is 0 Å². The summed E-state index contributed by atoms with van der Waals surface area (Å²) in [4.78, 5) is 13.8. The Balaban J connectivity index is 3.09. The first-order valence-electron chi connectivity index (χ1n) is 5.79. The Morgan fingerprint density at radius 2 is 2.18 bits per heavy atom. The highest BCUT2D eigenvalue weighted by atomic mass is 16.3. The van der Waals surface area contributed by atoms with Crippen molar-refractivity contribution in [3.63, 3.8) is 0 Å². The Labute approximate surface area is 101 Å². The summed E-state index contributed by atoms with van der Waals surface area (Å²) in [7, 11) is 0. The molecule has 0 aliphatic carbocycles. The predicted octanol–water partition coefficient (Wildman–Crippen LogP) is 0.248. The molecule has 96 valence electrons. The Morgan fingerprint density at radius 3 is 2.65 bits per heavy atom. The Kier molecular flexibility index (Phi) is 4.51. The number of likely N-dealkylation sites (N-methyl/N-ethyl adjacent to an activating group) is 1. The van der Waals surface area contributed by atoms with Crippen molar-refractivity contribution >= 4 is 11.6 Å². The van der Waals surface area contributed by atoms with Gasteiger partial charge in [0.1, 0.15) is 5.69 Å². The van der Waals surface area contributed by atoms with Crippen LogP contribution in [0.2, 0.25) is 0 Å². The molecule has 1 amide bonds. The number of aromatic nitrogens is 2. The maximum atomic E-state index is 12.3. The molecule has 0 saturated heterocycles. The zero-order chi connectivity index (χ0) is 13.0. The van der Waals surface area contributed by atoms with Crippen LogP contribution in [0.15, 0.2) is 0 Å². The molecule has 0 atom stereocenters. The number of nitrogens with zero attached hydrogens (tertiary/aromatic N) is 3. The van der Waals surface area contributed by atoms with Gasteiger partial charge in [-0.25, -0.2) is 0 Å². The van der Waals surface area contributed by atoms with Gasteiger partial charge in [-0.3, -0.25) is 9.48 Å². The molecule has 1 aromatic heterocycles. The summed E-state index contributed by atoms with van der Waals surface area (Å²) in [5.74, 6) is -0.179. The van der Waals surface area contributed by atoms with E-state index in [0.29, 0.717) is 36.7 Å². The van der Waals surface area contributed by atoms with E-state index in [-0.39, 0.29) is 12.5 Å². The second-order valence-electron chi connectivity index (χ2n) is 3.77. The van der Waals surface area contributed by atoms with Gasteiger partial charge in [0.05, 0.1) is 18.0 Å². The van der Waals surface area contributed by atoms with Gasteiger partial charge in [0.2, 0.25) is 0 Å². The molecule has 1 heterocycles. The number of rotatable bonds is 5. The summed E-state index contributed by atoms with van der Waals surface area (Å²) in [6.07, 6.45) is 0. The molecule has 1 rings (SSSR count). The molecule has 3 N–H and O–H groups in total. The monoisotopic (exact) mass is 240 g/mol. The number of anilines is 1. The molecule has 0 radical (unpaired) electrons. The van der Waals surface area contributed by atoms with Crippen molar-refractivity contribution in [2.24, 2.45) is 0 Å². The van der Waals surface area contributed by atoms with E-state index < -0.39 is 0 Å². The third kappa shape index (κ3) is 2.58. The van der Waals surface area contributed by atoms with Gasteiger partial charge in [0.25, 0.3) is 5.91 Å². The van der Waals surface area contributed by atoms with Crippen LogP contribution in [0.3, 0.4) is 0 Å². The Hall–Kier alpha value is -1.56. The molecule has 6 nitrogen and oxygen atoms in total. The number of carbonyl (C=O) groups is 1. The van der Waals surface area contributed by atoms with Crippen molar-refractivity contribution in [2.75, 3.05) is 25.4 Å². The van der Waals surface area contributed by atoms with Crippen LogP contribution >= 0.6 is 0 Å². The number of aliphatic hydroxyl groups is 1. The van der Waals surface area contributed by atoms with Gasteiger partial charge >= 0.3 is 0 Å². The minimum absolute atomic E-state index is 0.0568. The molecule has 17 heavy (non-hydrogen) atoms. The zero-order valence-corrected chi connectivity index (χ0v) is 10.6.